The molecule has 1 atom stereocenters. The molecule has 1 unspecified atom stereocenters. The molecule has 15 heavy (non-hydrogen) atoms. The minimum atomic E-state index is -0.0397. The number of hydrogen-bond donors (Lipinski definition) is 1. The number of benzene rings is 1. The molecule has 1 aromatic rings. The summed E-state index contributed by atoms with van der Waals surface area (Å²) in [5.74, 6) is 0.815. The third-order valence-corrected chi connectivity index (χ3v) is 2.58. The number of nitrogens with two attached hydrogens (primary N) is 1. The van der Waals surface area contributed by atoms with Crippen molar-refractivity contribution in [1.82, 2.24) is 0 Å². The standard InChI is InChI=1S/C11H16BrNO2/c1-2-14-9(7-13)8-15-11-6-4-3-5-10(11)12/h3-6,9H,2,7-8,13H2,1H3. The SMILES string of the molecule is CCOC(CN)COc1ccccc1Br. The molecule has 1 aromatic carbocycles. The fourth-order valence-corrected chi connectivity index (χ4v) is 1.56. The highest BCUT2D eigenvalue weighted by atomic mass is 79.9. The van der Waals surface area contributed by atoms with Gasteiger partial charge in [-0.1, -0.05) is 12.1 Å². The van der Waals surface area contributed by atoms with Crippen LogP contribution in [0.5, 0.6) is 5.75 Å². The van der Waals surface area contributed by atoms with Gasteiger partial charge in [0.15, 0.2) is 0 Å². The van der Waals surface area contributed by atoms with Crippen LogP contribution in [0.15, 0.2) is 28.7 Å². The maximum absolute atomic E-state index is 5.59. The summed E-state index contributed by atoms with van der Waals surface area (Å²) in [6.45, 7) is 3.55. The Hall–Kier alpha value is -0.580. The van der Waals surface area contributed by atoms with E-state index >= 15 is 0 Å². The Balaban J connectivity index is 2.45. The van der Waals surface area contributed by atoms with Gasteiger partial charge in [-0.15, -0.1) is 0 Å². The zero-order chi connectivity index (χ0) is 11.1. The van der Waals surface area contributed by atoms with Crippen molar-refractivity contribution in [1.29, 1.82) is 0 Å². The van der Waals surface area contributed by atoms with Gasteiger partial charge in [-0.2, -0.15) is 0 Å². The van der Waals surface area contributed by atoms with Gasteiger partial charge in [0.1, 0.15) is 18.5 Å². The van der Waals surface area contributed by atoms with Gasteiger partial charge in [0.05, 0.1) is 4.47 Å². The molecule has 0 spiro atoms. The van der Waals surface area contributed by atoms with Gasteiger partial charge >= 0.3 is 0 Å². The first kappa shape index (κ1) is 12.5. The first-order valence-corrected chi connectivity index (χ1v) is 5.76. The molecule has 0 aliphatic carbocycles. The Morgan fingerprint density at radius 2 is 2.13 bits per heavy atom. The highest BCUT2D eigenvalue weighted by molar-refractivity contribution is 9.10. The van der Waals surface area contributed by atoms with Crippen LogP contribution < -0.4 is 10.5 Å². The van der Waals surface area contributed by atoms with E-state index in [2.05, 4.69) is 15.9 Å². The van der Waals surface area contributed by atoms with Crippen molar-refractivity contribution >= 4 is 15.9 Å². The summed E-state index contributed by atoms with van der Waals surface area (Å²) >= 11 is 3.41. The average Bonchev–Trinajstić information content (AvgIpc) is 2.26. The average molecular weight is 274 g/mol. The highest BCUT2D eigenvalue weighted by Crippen LogP contribution is 2.23. The normalized spacial score (nSPS) is 12.5. The Labute approximate surface area is 98.7 Å². The lowest BCUT2D eigenvalue weighted by molar-refractivity contribution is 0.0335. The minimum Gasteiger partial charge on any atom is -0.490 e. The van der Waals surface area contributed by atoms with Gasteiger partial charge in [-0.05, 0) is 35.0 Å². The highest BCUT2D eigenvalue weighted by Gasteiger charge is 2.07. The summed E-state index contributed by atoms with van der Waals surface area (Å²) in [5, 5.41) is 0. The molecule has 0 heterocycles. The summed E-state index contributed by atoms with van der Waals surface area (Å²) in [5.41, 5.74) is 5.54. The molecule has 0 fully saturated rings. The molecule has 0 bridgehead atoms. The van der Waals surface area contributed by atoms with E-state index in [0.717, 1.165) is 10.2 Å². The zero-order valence-electron chi connectivity index (χ0n) is 8.78. The van der Waals surface area contributed by atoms with Crippen LogP contribution in [0.25, 0.3) is 0 Å². The van der Waals surface area contributed by atoms with E-state index < -0.39 is 0 Å². The van der Waals surface area contributed by atoms with E-state index in [-0.39, 0.29) is 6.10 Å². The second-order valence-electron chi connectivity index (χ2n) is 3.05. The van der Waals surface area contributed by atoms with Crippen molar-refractivity contribution in [3.63, 3.8) is 0 Å². The Bertz CT molecular complexity index is 294. The summed E-state index contributed by atoms with van der Waals surface area (Å²) in [6.07, 6.45) is -0.0397. The van der Waals surface area contributed by atoms with Crippen LogP contribution in [0.4, 0.5) is 0 Å². The lowest BCUT2D eigenvalue weighted by Gasteiger charge is -2.16. The van der Waals surface area contributed by atoms with Gasteiger partial charge < -0.3 is 15.2 Å². The van der Waals surface area contributed by atoms with E-state index in [1.165, 1.54) is 0 Å². The molecule has 2 N–H and O–H groups in total. The van der Waals surface area contributed by atoms with Gasteiger partial charge in [0.2, 0.25) is 0 Å². The molecule has 0 saturated carbocycles. The molecule has 4 heteroatoms. The second kappa shape index (κ2) is 6.82. The van der Waals surface area contributed by atoms with Crippen molar-refractivity contribution in [2.24, 2.45) is 5.73 Å². The maximum Gasteiger partial charge on any atom is 0.133 e. The molecule has 0 aliphatic heterocycles. The fraction of sp³-hybridized carbons (Fsp3) is 0.455. The van der Waals surface area contributed by atoms with Crippen LogP contribution in [0.2, 0.25) is 0 Å². The van der Waals surface area contributed by atoms with E-state index in [1.807, 2.05) is 31.2 Å². The number of halogens is 1. The van der Waals surface area contributed by atoms with Gasteiger partial charge in [0, 0.05) is 13.2 Å². The number of ether oxygens (including phenoxy) is 2. The van der Waals surface area contributed by atoms with Gasteiger partial charge in [-0.3, -0.25) is 0 Å². The first-order valence-electron chi connectivity index (χ1n) is 4.97. The molecule has 0 radical (unpaired) electrons. The fourth-order valence-electron chi connectivity index (χ4n) is 1.16. The molecule has 0 amide bonds. The molecule has 0 saturated heterocycles. The summed E-state index contributed by atoms with van der Waals surface area (Å²) < 4.78 is 11.9. The lowest BCUT2D eigenvalue weighted by Crippen LogP contribution is -2.30. The molecular weight excluding hydrogens is 258 g/mol. The smallest absolute Gasteiger partial charge is 0.133 e. The van der Waals surface area contributed by atoms with Crippen molar-refractivity contribution in [2.75, 3.05) is 19.8 Å². The van der Waals surface area contributed by atoms with Gasteiger partial charge in [-0.25, -0.2) is 0 Å². The number of para-hydroxylation sites is 1. The Morgan fingerprint density at radius 3 is 2.73 bits per heavy atom. The van der Waals surface area contributed by atoms with Crippen LogP contribution in [-0.2, 0) is 4.74 Å². The molecule has 3 nitrogen and oxygen atoms in total. The molecule has 0 aliphatic rings. The molecule has 1 rings (SSSR count). The van der Waals surface area contributed by atoms with Crippen molar-refractivity contribution in [3.05, 3.63) is 28.7 Å². The Kier molecular flexibility index (Phi) is 5.68. The largest absolute Gasteiger partial charge is 0.490 e. The third kappa shape index (κ3) is 4.20. The van der Waals surface area contributed by atoms with Crippen molar-refractivity contribution < 1.29 is 9.47 Å². The van der Waals surface area contributed by atoms with Crippen molar-refractivity contribution in [2.45, 2.75) is 13.0 Å². The van der Waals surface area contributed by atoms with E-state index in [0.29, 0.717) is 19.8 Å². The van der Waals surface area contributed by atoms with Crippen LogP contribution in [0, 0.1) is 0 Å². The van der Waals surface area contributed by atoms with Crippen LogP contribution in [0.1, 0.15) is 6.92 Å². The zero-order valence-corrected chi connectivity index (χ0v) is 10.4. The number of hydrogen-bond acceptors (Lipinski definition) is 3. The monoisotopic (exact) mass is 273 g/mol. The quantitative estimate of drug-likeness (QED) is 0.864. The van der Waals surface area contributed by atoms with Crippen LogP contribution in [-0.4, -0.2) is 25.9 Å². The van der Waals surface area contributed by atoms with E-state index in [1.54, 1.807) is 0 Å². The summed E-state index contributed by atoms with van der Waals surface area (Å²) in [6, 6.07) is 7.72. The lowest BCUT2D eigenvalue weighted by atomic mass is 10.3. The van der Waals surface area contributed by atoms with E-state index in [9.17, 15) is 0 Å². The van der Waals surface area contributed by atoms with Gasteiger partial charge in [0.25, 0.3) is 0 Å². The molecule has 84 valence electrons. The predicted molar refractivity (Wildman–Crippen MR) is 64.1 cm³/mol. The minimum absolute atomic E-state index is 0.0397. The van der Waals surface area contributed by atoms with Crippen molar-refractivity contribution in [3.8, 4) is 5.75 Å². The van der Waals surface area contributed by atoms with Crippen LogP contribution in [0.3, 0.4) is 0 Å². The Morgan fingerprint density at radius 1 is 1.40 bits per heavy atom. The molecular formula is C11H16BrNO2. The van der Waals surface area contributed by atoms with Crippen LogP contribution >= 0.6 is 15.9 Å². The third-order valence-electron chi connectivity index (χ3n) is 1.93. The predicted octanol–water partition coefficient (Wildman–Crippen LogP) is 2.19. The topological polar surface area (TPSA) is 44.5 Å². The second-order valence-corrected chi connectivity index (χ2v) is 3.91. The molecule has 0 aromatic heterocycles. The number of rotatable bonds is 6. The summed E-state index contributed by atoms with van der Waals surface area (Å²) in [7, 11) is 0. The first-order chi connectivity index (χ1) is 7.27. The maximum atomic E-state index is 5.59. The van der Waals surface area contributed by atoms with E-state index in [4.69, 9.17) is 15.2 Å². The summed E-state index contributed by atoms with van der Waals surface area (Å²) in [4.78, 5) is 0.